The maximum Gasteiger partial charge on any atom is 0.331 e. The molecule has 10 heavy (non-hydrogen) atoms. The molecule has 0 aromatic carbocycles. The van der Waals surface area contributed by atoms with Gasteiger partial charge in [-0.2, -0.15) is 0 Å². The standard InChI is InChI=1S/C8H10O2/c1-3-5-6-7-8(9)10-4-2/h6-7H,4H2,1-2H3/b7-6+. The molecule has 0 aliphatic carbocycles. The molecule has 0 saturated heterocycles. The first-order chi connectivity index (χ1) is 4.81. The van der Waals surface area contributed by atoms with Crippen molar-refractivity contribution in [2.75, 3.05) is 6.61 Å². The van der Waals surface area contributed by atoms with Gasteiger partial charge >= 0.3 is 5.97 Å². The summed E-state index contributed by atoms with van der Waals surface area (Å²) >= 11 is 0. The molecular formula is C8H10O2. The maximum absolute atomic E-state index is 10.5. The number of allylic oxidation sites excluding steroid dienone is 1. The molecule has 0 rings (SSSR count). The quantitative estimate of drug-likeness (QED) is 0.325. The third-order valence-corrected chi connectivity index (χ3v) is 0.734. The van der Waals surface area contributed by atoms with Crippen molar-refractivity contribution in [2.45, 2.75) is 13.8 Å². The number of carbonyl (C=O) groups is 1. The molecule has 0 bridgehead atoms. The highest BCUT2D eigenvalue weighted by Gasteiger charge is 1.89. The van der Waals surface area contributed by atoms with Gasteiger partial charge in [-0.3, -0.25) is 0 Å². The number of rotatable bonds is 2. The molecule has 0 amide bonds. The summed E-state index contributed by atoms with van der Waals surface area (Å²) in [4.78, 5) is 10.5. The SMILES string of the molecule is CC#C/C=C/C(=O)OCC. The zero-order valence-electron chi connectivity index (χ0n) is 6.18. The summed E-state index contributed by atoms with van der Waals surface area (Å²) in [5.41, 5.74) is 0. The molecule has 0 aliphatic heterocycles. The van der Waals surface area contributed by atoms with E-state index in [1.165, 1.54) is 12.2 Å². The van der Waals surface area contributed by atoms with Crippen LogP contribution in [-0.2, 0) is 9.53 Å². The molecule has 0 N–H and O–H groups in total. The predicted molar refractivity (Wildman–Crippen MR) is 39.2 cm³/mol. The number of esters is 1. The van der Waals surface area contributed by atoms with E-state index in [4.69, 9.17) is 0 Å². The van der Waals surface area contributed by atoms with Crippen molar-refractivity contribution in [3.8, 4) is 11.8 Å². The van der Waals surface area contributed by atoms with Gasteiger partial charge in [0.15, 0.2) is 0 Å². The van der Waals surface area contributed by atoms with Gasteiger partial charge in [0.25, 0.3) is 0 Å². The molecule has 0 aliphatic rings. The third-order valence-electron chi connectivity index (χ3n) is 0.734. The van der Waals surface area contributed by atoms with Gasteiger partial charge in [-0.1, -0.05) is 5.92 Å². The van der Waals surface area contributed by atoms with E-state index >= 15 is 0 Å². The molecule has 0 fully saturated rings. The van der Waals surface area contributed by atoms with E-state index in [0.717, 1.165) is 0 Å². The first kappa shape index (κ1) is 8.77. The van der Waals surface area contributed by atoms with Crippen molar-refractivity contribution in [2.24, 2.45) is 0 Å². The molecule has 0 atom stereocenters. The lowest BCUT2D eigenvalue weighted by molar-refractivity contribution is -0.137. The highest BCUT2D eigenvalue weighted by atomic mass is 16.5. The molecule has 0 heterocycles. The summed E-state index contributed by atoms with van der Waals surface area (Å²) in [6.45, 7) is 3.87. The molecule has 0 radical (unpaired) electrons. The topological polar surface area (TPSA) is 26.3 Å². The predicted octanol–water partition coefficient (Wildman–Crippen LogP) is 1.13. The molecule has 0 unspecified atom stereocenters. The molecule has 0 spiro atoms. The fraction of sp³-hybridized carbons (Fsp3) is 0.375. The van der Waals surface area contributed by atoms with Crippen LogP contribution in [0.3, 0.4) is 0 Å². The lowest BCUT2D eigenvalue weighted by Crippen LogP contribution is -1.98. The Morgan fingerprint density at radius 3 is 2.90 bits per heavy atom. The molecular weight excluding hydrogens is 128 g/mol. The van der Waals surface area contributed by atoms with Crippen molar-refractivity contribution < 1.29 is 9.53 Å². The Morgan fingerprint density at radius 1 is 1.70 bits per heavy atom. The van der Waals surface area contributed by atoms with Gasteiger partial charge in [0.1, 0.15) is 0 Å². The Kier molecular flexibility index (Phi) is 5.17. The lowest BCUT2D eigenvalue weighted by atomic mass is 10.5. The lowest BCUT2D eigenvalue weighted by Gasteiger charge is -1.91. The summed E-state index contributed by atoms with van der Waals surface area (Å²) in [6.07, 6.45) is 2.78. The smallest absolute Gasteiger partial charge is 0.331 e. The second-order valence-corrected chi connectivity index (χ2v) is 1.48. The van der Waals surface area contributed by atoms with E-state index in [0.29, 0.717) is 6.61 Å². The van der Waals surface area contributed by atoms with Gasteiger partial charge in [-0.25, -0.2) is 4.79 Å². The monoisotopic (exact) mass is 138 g/mol. The third kappa shape index (κ3) is 4.92. The number of carbonyl (C=O) groups excluding carboxylic acids is 1. The van der Waals surface area contributed by atoms with Crippen LogP contribution in [0.25, 0.3) is 0 Å². The van der Waals surface area contributed by atoms with E-state index in [9.17, 15) is 4.79 Å². The summed E-state index contributed by atoms with van der Waals surface area (Å²) in [7, 11) is 0. The average Bonchev–Trinajstić information content (AvgIpc) is 1.89. The second kappa shape index (κ2) is 5.90. The van der Waals surface area contributed by atoms with E-state index < -0.39 is 0 Å². The van der Waals surface area contributed by atoms with Crippen LogP contribution in [0, 0.1) is 11.8 Å². The highest BCUT2D eigenvalue weighted by molar-refractivity contribution is 5.82. The van der Waals surface area contributed by atoms with Crippen molar-refractivity contribution in [3.05, 3.63) is 12.2 Å². The molecule has 2 nitrogen and oxygen atoms in total. The van der Waals surface area contributed by atoms with Gasteiger partial charge < -0.3 is 4.74 Å². The summed E-state index contributed by atoms with van der Waals surface area (Å²) < 4.78 is 4.59. The number of ether oxygens (including phenoxy) is 1. The van der Waals surface area contributed by atoms with E-state index in [-0.39, 0.29) is 5.97 Å². The van der Waals surface area contributed by atoms with E-state index in [1.807, 2.05) is 0 Å². The Balaban J connectivity index is 3.63. The first-order valence-electron chi connectivity index (χ1n) is 3.06. The highest BCUT2D eigenvalue weighted by Crippen LogP contribution is 1.79. The van der Waals surface area contributed by atoms with Crippen LogP contribution >= 0.6 is 0 Å². The summed E-state index contributed by atoms with van der Waals surface area (Å²) in [5, 5.41) is 0. The number of hydrogen-bond acceptors (Lipinski definition) is 2. The maximum atomic E-state index is 10.5. The Labute approximate surface area is 60.9 Å². The summed E-state index contributed by atoms with van der Waals surface area (Å²) in [6, 6.07) is 0. The molecule has 2 heteroatoms. The largest absolute Gasteiger partial charge is 0.463 e. The Bertz CT molecular complexity index is 181. The van der Waals surface area contributed by atoms with Gasteiger partial charge in [-0.05, 0) is 19.9 Å². The van der Waals surface area contributed by atoms with Gasteiger partial charge in [0.05, 0.1) is 6.61 Å². The Morgan fingerprint density at radius 2 is 2.40 bits per heavy atom. The minimum atomic E-state index is -0.342. The van der Waals surface area contributed by atoms with Crippen LogP contribution in [0.2, 0.25) is 0 Å². The van der Waals surface area contributed by atoms with Crippen molar-refractivity contribution >= 4 is 5.97 Å². The minimum Gasteiger partial charge on any atom is -0.463 e. The second-order valence-electron chi connectivity index (χ2n) is 1.48. The van der Waals surface area contributed by atoms with Crippen LogP contribution in [-0.4, -0.2) is 12.6 Å². The van der Waals surface area contributed by atoms with Crippen LogP contribution in [0.1, 0.15) is 13.8 Å². The van der Waals surface area contributed by atoms with E-state index in [1.54, 1.807) is 13.8 Å². The van der Waals surface area contributed by atoms with Crippen LogP contribution in [0.15, 0.2) is 12.2 Å². The van der Waals surface area contributed by atoms with Crippen LogP contribution < -0.4 is 0 Å². The zero-order valence-corrected chi connectivity index (χ0v) is 6.18. The van der Waals surface area contributed by atoms with Crippen LogP contribution in [0.4, 0.5) is 0 Å². The first-order valence-corrected chi connectivity index (χ1v) is 3.06. The molecule has 0 saturated carbocycles. The van der Waals surface area contributed by atoms with Crippen molar-refractivity contribution in [3.63, 3.8) is 0 Å². The molecule has 54 valence electrons. The zero-order chi connectivity index (χ0) is 7.82. The minimum absolute atomic E-state index is 0.342. The molecule has 0 aromatic heterocycles. The van der Waals surface area contributed by atoms with Crippen LogP contribution in [0.5, 0.6) is 0 Å². The fourth-order valence-corrected chi connectivity index (χ4v) is 0.383. The van der Waals surface area contributed by atoms with Gasteiger partial charge in [0, 0.05) is 6.08 Å². The summed E-state index contributed by atoms with van der Waals surface area (Å²) in [5.74, 6) is 4.88. The van der Waals surface area contributed by atoms with Gasteiger partial charge in [0.2, 0.25) is 0 Å². The average molecular weight is 138 g/mol. The van der Waals surface area contributed by atoms with E-state index in [2.05, 4.69) is 16.6 Å². The van der Waals surface area contributed by atoms with Crippen molar-refractivity contribution in [1.82, 2.24) is 0 Å². The number of hydrogen-bond donors (Lipinski definition) is 0. The van der Waals surface area contributed by atoms with Gasteiger partial charge in [-0.15, -0.1) is 5.92 Å². The molecule has 0 aromatic rings. The fourth-order valence-electron chi connectivity index (χ4n) is 0.383. The normalized spacial score (nSPS) is 8.60. The Hall–Kier alpha value is -1.23. The van der Waals surface area contributed by atoms with Crippen molar-refractivity contribution in [1.29, 1.82) is 0 Å².